The van der Waals surface area contributed by atoms with Crippen LogP contribution in [-0.2, 0) is 13.5 Å². The molecule has 0 radical (unpaired) electrons. The molecule has 0 aliphatic rings. The predicted molar refractivity (Wildman–Crippen MR) is 62.4 cm³/mol. The Hall–Kier alpha value is -1.77. The largest absolute Gasteiger partial charge is 0.398 e. The number of benzene rings is 1. The van der Waals surface area contributed by atoms with E-state index in [2.05, 4.69) is 12.0 Å². The smallest absolute Gasteiger partial charge is 0.0700 e. The normalized spacial score (nSPS) is 10.5. The van der Waals surface area contributed by atoms with Crippen LogP contribution in [0.2, 0.25) is 0 Å². The fourth-order valence-corrected chi connectivity index (χ4v) is 1.76. The van der Waals surface area contributed by atoms with E-state index >= 15 is 0 Å². The molecule has 0 aliphatic heterocycles. The molecule has 1 aromatic carbocycles. The van der Waals surface area contributed by atoms with Crippen molar-refractivity contribution in [3.05, 3.63) is 36.2 Å². The van der Waals surface area contributed by atoms with E-state index < -0.39 is 0 Å². The van der Waals surface area contributed by atoms with Crippen LogP contribution in [0, 0.1) is 0 Å². The van der Waals surface area contributed by atoms with Gasteiger partial charge in [0.05, 0.1) is 5.69 Å². The lowest BCUT2D eigenvalue weighted by Gasteiger charge is -2.03. The Bertz CT molecular complexity index is 471. The first-order valence-corrected chi connectivity index (χ1v) is 5.09. The standard InChI is InChI=1S/C12H15N3/c1-3-12-10(8-15(2)14-12)9-6-4-5-7-11(9)13/h4-8H,3,13H2,1-2H3. The van der Waals surface area contributed by atoms with Crippen molar-refractivity contribution < 1.29 is 0 Å². The second kappa shape index (κ2) is 3.77. The molecule has 0 aliphatic carbocycles. The second-order valence-electron chi connectivity index (χ2n) is 3.60. The van der Waals surface area contributed by atoms with Crippen molar-refractivity contribution in [2.45, 2.75) is 13.3 Å². The average molecular weight is 201 g/mol. The molecular weight excluding hydrogens is 186 g/mol. The summed E-state index contributed by atoms with van der Waals surface area (Å²) < 4.78 is 1.83. The first-order valence-electron chi connectivity index (χ1n) is 5.09. The minimum absolute atomic E-state index is 0.806. The Labute approximate surface area is 89.5 Å². The Kier molecular flexibility index (Phi) is 2.46. The van der Waals surface area contributed by atoms with E-state index in [0.717, 1.165) is 28.9 Å². The molecule has 0 amide bonds. The van der Waals surface area contributed by atoms with E-state index in [1.807, 2.05) is 42.2 Å². The summed E-state index contributed by atoms with van der Waals surface area (Å²) in [6.07, 6.45) is 2.94. The van der Waals surface area contributed by atoms with Crippen LogP contribution in [-0.4, -0.2) is 9.78 Å². The van der Waals surface area contributed by atoms with Crippen molar-refractivity contribution in [2.24, 2.45) is 7.05 Å². The molecule has 0 fully saturated rings. The summed E-state index contributed by atoms with van der Waals surface area (Å²) in [7, 11) is 1.93. The van der Waals surface area contributed by atoms with E-state index in [0.29, 0.717) is 0 Å². The Morgan fingerprint density at radius 2 is 2.00 bits per heavy atom. The molecule has 78 valence electrons. The first-order chi connectivity index (χ1) is 7.22. The summed E-state index contributed by atoms with van der Waals surface area (Å²) in [5.41, 5.74) is 10.1. The van der Waals surface area contributed by atoms with Crippen LogP contribution in [0.5, 0.6) is 0 Å². The van der Waals surface area contributed by atoms with Crippen LogP contribution in [0.3, 0.4) is 0 Å². The fourth-order valence-electron chi connectivity index (χ4n) is 1.76. The number of rotatable bonds is 2. The number of para-hydroxylation sites is 1. The van der Waals surface area contributed by atoms with Gasteiger partial charge in [-0.25, -0.2) is 0 Å². The predicted octanol–water partition coefficient (Wildman–Crippen LogP) is 2.23. The van der Waals surface area contributed by atoms with Gasteiger partial charge in [-0.15, -0.1) is 0 Å². The number of hydrogen-bond donors (Lipinski definition) is 1. The van der Waals surface area contributed by atoms with Gasteiger partial charge in [-0.3, -0.25) is 4.68 Å². The van der Waals surface area contributed by atoms with Gasteiger partial charge in [0, 0.05) is 30.1 Å². The Morgan fingerprint density at radius 1 is 1.27 bits per heavy atom. The van der Waals surface area contributed by atoms with Crippen LogP contribution >= 0.6 is 0 Å². The molecule has 0 saturated carbocycles. The molecule has 0 saturated heterocycles. The maximum Gasteiger partial charge on any atom is 0.0700 e. The van der Waals surface area contributed by atoms with Crippen molar-refractivity contribution in [3.8, 4) is 11.1 Å². The molecule has 0 bridgehead atoms. The highest BCUT2D eigenvalue weighted by Crippen LogP contribution is 2.28. The highest BCUT2D eigenvalue weighted by molar-refractivity contribution is 5.77. The van der Waals surface area contributed by atoms with Crippen molar-refractivity contribution in [3.63, 3.8) is 0 Å². The van der Waals surface area contributed by atoms with Crippen LogP contribution in [0.15, 0.2) is 30.5 Å². The van der Waals surface area contributed by atoms with Gasteiger partial charge in [0.25, 0.3) is 0 Å². The summed E-state index contributed by atoms with van der Waals surface area (Å²) >= 11 is 0. The molecule has 0 atom stereocenters. The molecule has 1 heterocycles. The molecule has 3 heteroatoms. The maximum atomic E-state index is 5.95. The summed E-state index contributed by atoms with van der Waals surface area (Å²) in [4.78, 5) is 0. The number of aryl methyl sites for hydroxylation is 2. The third-order valence-corrected chi connectivity index (χ3v) is 2.49. The van der Waals surface area contributed by atoms with Gasteiger partial charge in [0.2, 0.25) is 0 Å². The maximum absolute atomic E-state index is 5.95. The van der Waals surface area contributed by atoms with Gasteiger partial charge in [0.15, 0.2) is 0 Å². The lowest BCUT2D eigenvalue weighted by atomic mass is 10.0. The van der Waals surface area contributed by atoms with Gasteiger partial charge in [-0.2, -0.15) is 5.10 Å². The first kappa shape index (κ1) is 9.77. The summed E-state index contributed by atoms with van der Waals surface area (Å²) in [6, 6.07) is 7.90. The van der Waals surface area contributed by atoms with Crippen LogP contribution in [0.1, 0.15) is 12.6 Å². The number of nitrogens with zero attached hydrogens (tertiary/aromatic N) is 2. The van der Waals surface area contributed by atoms with Crippen molar-refractivity contribution in [1.82, 2.24) is 9.78 Å². The van der Waals surface area contributed by atoms with Crippen molar-refractivity contribution in [2.75, 3.05) is 5.73 Å². The highest BCUT2D eigenvalue weighted by atomic mass is 15.2. The molecule has 3 nitrogen and oxygen atoms in total. The highest BCUT2D eigenvalue weighted by Gasteiger charge is 2.09. The summed E-state index contributed by atoms with van der Waals surface area (Å²) in [5, 5.41) is 4.41. The molecular formula is C12H15N3. The molecule has 2 N–H and O–H groups in total. The Morgan fingerprint density at radius 3 is 2.67 bits per heavy atom. The van der Waals surface area contributed by atoms with Gasteiger partial charge in [-0.1, -0.05) is 25.1 Å². The van der Waals surface area contributed by atoms with E-state index in [4.69, 9.17) is 5.73 Å². The van der Waals surface area contributed by atoms with E-state index in [1.165, 1.54) is 0 Å². The topological polar surface area (TPSA) is 43.8 Å². The van der Waals surface area contributed by atoms with Crippen LogP contribution in [0.25, 0.3) is 11.1 Å². The monoisotopic (exact) mass is 201 g/mol. The average Bonchev–Trinajstić information content (AvgIpc) is 2.60. The summed E-state index contributed by atoms with van der Waals surface area (Å²) in [6.45, 7) is 2.10. The third-order valence-electron chi connectivity index (χ3n) is 2.49. The lowest BCUT2D eigenvalue weighted by molar-refractivity contribution is 0.746. The molecule has 0 spiro atoms. The van der Waals surface area contributed by atoms with Gasteiger partial charge in [0.1, 0.15) is 0 Å². The zero-order chi connectivity index (χ0) is 10.8. The number of nitrogens with two attached hydrogens (primary N) is 1. The number of hydrogen-bond acceptors (Lipinski definition) is 2. The minimum atomic E-state index is 0.806. The Balaban J connectivity index is 2.58. The quantitative estimate of drug-likeness (QED) is 0.757. The lowest BCUT2D eigenvalue weighted by Crippen LogP contribution is -1.91. The molecule has 0 unspecified atom stereocenters. The van der Waals surface area contributed by atoms with Crippen LogP contribution < -0.4 is 5.73 Å². The molecule has 2 rings (SSSR count). The third kappa shape index (κ3) is 1.73. The SMILES string of the molecule is CCc1nn(C)cc1-c1ccccc1N. The van der Waals surface area contributed by atoms with Gasteiger partial charge < -0.3 is 5.73 Å². The van der Waals surface area contributed by atoms with Crippen molar-refractivity contribution >= 4 is 5.69 Å². The molecule has 15 heavy (non-hydrogen) atoms. The second-order valence-corrected chi connectivity index (χ2v) is 3.60. The number of anilines is 1. The van der Waals surface area contributed by atoms with Crippen molar-refractivity contribution in [1.29, 1.82) is 0 Å². The zero-order valence-corrected chi connectivity index (χ0v) is 9.07. The summed E-state index contributed by atoms with van der Waals surface area (Å²) in [5.74, 6) is 0. The fraction of sp³-hybridized carbons (Fsp3) is 0.250. The minimum Gasteiger partial charge on any atom is -0.398 e. The molecule has 1 aromatic heterocycles. The van der Waals surface area contributed by atoms with Gasteiger partial charge >= 0.3 is 0 Å². The van der Waals surface area contributed by atoms with E-state index in [9.17, 15) is 0 Å². The van der Waals surface area contributed by atoms with E-state index in [1.54, 1.807) is 0 Å². The zero-order valence-electron chi connectivity index (χ0n) is 9.07. The molecule has 2 aromatic rings. The number of aromatic nitrogens is 2. The van der Waals surface area contributed by atoms with Gasteiger partial charge in [-0.05, 0) is 12.5 Å². The van der Waals surface area contributed by atoms with E-state index in [-0.39, 0.29) is 0 Å². The van der Waals surface area contributed by atoms with Crippen LogP contribution in [0.4, 0.5) is 5.69 Å². The number of nitrogen functional groups attached to an aromatic ring is 1.